The van der Waals surface area contributed by atoms with E-state index in [2.05, 4.69) is 5.32 Å². The zero-order valence-electron chi connectivity index (χ0n) is 10.8. The first-order valence-corrected chi connectivity index (χ1v) is 6.60. The van der Waals surface area contributed by atoms with Gasteiger partial charge in [-0.25, -0.2) is 4.79 Å². The number of benzene rings is 1. The number of carbonyl (C=O) groups is 2. The molecule has 21 heavy (non-hydrogen) atoms. The molecule has 1 aromatic heterocycles. The molecule has 2 rings (SSSR count). The number of hydrogen-bond donors (Lipinski definition) is 2. The summed E-state index contributed by atoms with van der Waals surface area (Å²) >= 11 is 0.915. The van der Waals surface area contributed by atoms with Crippen molar-refractivity contribution in [3.63, 3.8) is 0 Å². The molecular weight excluding hydrogens is 296 g/mol. The molecule has 0 unspecified atom stereocenters. The van der Waals surface area contributed by atoms with E-state index >= 15 is 0 Å². The Kier molecular flexibility index (Phi) is 3.99. The number of anilines is 1. The van der Waals surface area contributed by atoms with Gasteiger partial charge in [-0.05, 0) is 25.1 Å². The fourth-order valence-electron chi connectivity index (χ4n) is 1.77. The van der Waals surface area contributed by atoms with Crippen molar-refractivity contribution >= 4 is 33.9 Å². The molecule has 0 bridgehead atoms. The summed E-state index contributed by atoms with van der Waals surface area (Å²) in [4.78, 5) is 33.3. The minimum absolute atomic E-state index is 0.0982. The second-order valence-electron chi connectivity index (χ2n) is 4.13. The summed E-state index contributed by atoms with van der Waals surface area (Å²) in [7, 11) is 0. The molecule has 0 aliphatic rings. The second-order valence-corrected chi connectivity index (χ2v) is 5.21. The minimum atomic E-state index is -1.08. The van der Waals surface area contributed by atoms with Crippen LogP contribution in [0.15, 0.2) is 30.3 Å². The molecule has 1 heterocycles. The monoisotopic (exact) mass is 306 g/mol. The molecule has 1 aromatic carbocycles. The van der Waals surface area contributed by atoms with Gasteiger partial charge >= 0.3 is 5.97 Å². The SMILES string of the molecule is Cc1c(C(=O)Nc2ccc(C(=O)O)s2)cccc1[N+](=O)[O-]. The first-order chi connectivity index (χ1) is 9.90. The van der Waals surface area contributed by atoms with E-state index in [1.165, 1.54) is 37.3 Å². The van der Waals surface area contributed by atoms with Gasteiger partial charge in [-0.1, -0.05) is 6.07 Å². The molecule has 0 radical (unpaired) electrons. The lowest BCUT2D eigenvalue weighted by atomic mass is 10.1. The van der Waals surface area contributed by atoms with Crippen LogP contribution < -0.4 is 5.32 Å². The van der Waals surface area contributed by atoms with Crippen molar-refractivity contribution in [1.82, 2.24) is 0 Å². The van der Waals surface area contributed by atoms with Gasteiger partial charge in [0.2, 0.25) is 0 Å². The third kappa shape index (κ3) is 3.06. The predicted octanol–water partition coefficient (Wildman–Crippen LogP) is 2.92. The normalized spacial score (nSPS) is 10.1. The van der Waals surface area contributed by atoms with E-state index in [9.17, 15) is 19.7 Å². The molecule has 8 heteroatoms. The molecule has 108 valence electrons. The molecule has 7 nitrogen and oxygen atoms in total. The fourth-order valence-corrected chi connectivity index (χ4v) is 2.51. The van der Waals surface area contributed by atoms with E-state index in [0.29, 0.717) is 5.00 Å². The van der Waals surface area contributed by atoms with E-state index < -0.39 is 16.8 Å². The molecule has 0 saturated heterocycles. The summed E-state index contributed by atoms with van der Waals surface area (Å²) in [5.41, 5.74) is 0.296. The average molecular weight is 306 g/mol. The van der Waals surface area contributed by atoms with Crippen LogP contribution in [0.3, 0.4) is 0 Å². The summed E-state index contributed by atoms with van der Waals surface area (Å²) in [5.74, 6) is -1.60. The van der Waals surface area contributed by atoms with E-state index in [1.807, 2.05) is 0 Å². The van der Waals surface area contributed by atoms with E-state index in [0.717, 1.165) is 11.3 Å². The number of hydrogen-bond acceptors (Lipinski definition) is 5. The highest BCUT2D eigenvalue weighted by Gasteiger charge is 2.18. The van der Waals surface area contributed by atoms with E-state index in [1.54, 1.807) is 0 Å². The average Bonchev–Trinajstić information content (AvgIpc) is 2.87. The lowest BCUT2D eigenvalue weighted by Crippen LogP contribution is -2.13. The topological polar surface area (TPSA) is 110 Å². The third-order valence-electron chi connectivity index (χ3n) is 2.80. The van der Waals surface area contributed by atoms with Crippen LogP contribution in [0.5, 0.6) is 0 Å². The van der Waals surface area contributed by atoms with Gasteiger partial charge in [-0.2, -0.15) is 0 Å². The van der Waals surface area contributed by atoms with Crippen LogP contribution in [0.4, 0.5) is 10.7 Å². The first-order valence-electron chi connectivity index (χ1n) is 5.78. The standard InChI is InChI=1S/C13H10N2O5S/c1-7-8(3-2-4-9(7)15(19)20)12(16)14-11-6-5-10(21-11)13(17)18/h2-6H,1H3,(H,14,16)(H,17,18). The third-order valence-corrected chi connectivity index (χ3v) is 3.79. The van der Waals surface area contributed by atoms with Gasteiger partial charge < -0.3 is 10.4 Å². The van der Waals surface area contributed by atoms with Gasteiger partial charge in [-0.3, -0.25) is 14.9 Å². The van der Waals surface area contributed by atoms with Crippen LogP contribution in [0.1, 0.15) is 25.6 Å². The van der Waals surface area contributed by atoms with Crippen LogP contribution in [0.25, 0.3) is 0 Å². The number of carboxylic acid groups (broad SMARTS) is 1. The summed E-state index contributed by atoms with van der Waals surface area (Å²) in [6.45, 7) is 1.49. The Morgan fingerprint density at radius 3 is 2.57 bits per heavy atom. The molecule has 0 atom stereocenters. The number of thiophene rings is 1. The number of nitro groups is 1. The Morgan fingerprint density at radius 2 is 2.00 bits per heavy atom. The number of carbonyl (C=O) groups excluding carboxylic acids is 1. The summed E-state index contributed by atoms with van der Waals surface area (Å²) in [6, 6.07) is 7.07. The largest absolute Gasteiger partial charge is 0.477 e. The molecule has 2 aromatic rings. The Bertz CT molecular complexity index is 738. The number of nitrogens with zero attached hydrogens (tertiary/aromatic N) is 1. The van der Waals surface area contributed by atoms with Gasteiger partial charge in [0, 0.05) is 17.2 Å². The number of nitro benzene ring substituents is 1. The first kappa shape index (κ1) is 14.7. The van der Waals surface area contributed by atoms with Crippen molar-refractivity contribution in [2.24, 2.45) is 0 Å². The van der Waals surface area contributed by atoms with Gasteiger partial charge in [0.05, 0.1) is 9.92 Å². The molecule has 2 N–H and O–H groups in total. The number of aromatic carboxylic acids is 1. The summed E-state index contributed by atoms with van der Waals surface area (Å²) < 4.78 is 0. The zero-order chi connectivity index (χ0) is 15.6. The molecular formula is C13H10N2O5S. The van der Waals surface area contributed by atoms with Gasteiger partial charge in [0.15, 0.2) is 0 Å². The quantitative estimate of drug-likeness (QED) is 0.666. The maximum Gasteiger partial charge on any atom is 0.345 e. The number of amides is 1. The molecule has 0 spiro atoms. The Morgan fingerprint density at radius 1 is 1.29 bits per heavy atom. The zero-order valence-corrected chi connectivity index (χ0v) is 11.6. The highest BCUT2D eigenvalue weighted by atomic mass is 32.1. The molecule has 0 fully saturated rings. The summed E-state index contributed by atoms with van der Waals surface area (Å²) in [5, 5.41) is 22.6. The van der Waals surface area contributed by atoms with Gasteiger partial charge in [-0.15, -0.1) is 11.3 Å². The van der Waals surface area contributed by atoms with Gasteiger partial charge in [0.1, 0.15) is 4.88 Å². The number of nitrogens with one attached hydrogen (secondary N) is 1. The van der Waals surface area contributed by atoms with Crippen LogP contribution in [0.2, 0.25) is 0 Å². The Balaban J connectivity index is 2.26. The molecule has 1 amide bonds. The van der Waals surface area contributed by atoms with Crippen molar-refractivity contribution in [2.45, 2.75) is 6.92 Å². The van der Waals surface area contributed by atoms with Crippen molar-refractivity contribution in [3.8, 4) is 0 Å². The van der Waals surface area contributed by atoms with Crippen LogP contribution in [0, 0.1) is 17.0 Å². The molecule has 0 aliphatic carbocycles. The lowest BCUT2D eigenvalue weighted by Gasteiger charge is -2.06. The van der Waals surface area contributed by atoms with Crippen molar-refractivity contribution in [2.75, 3.05) is 5.32 Å². The van der Waals surface area contributed by atoms with Crippen molar-refractivity contribution < 1.29 is 19.6 Å². The minimum Gasteiger partial charge on any atom is -0.477 e. The fraction of sp³-hybridized carbons (Fsp3) is 0.0769. The summed E-state index contributed by atoms with van der Waals surface area (Å²) in [6.07, 6.45) is 0. The van der Waals surface area contributed by atoms with Crippen LogP contribution in [-0.2, 0) is 0 Å². The second kappa shape index (κ2) is 5.71. The molecule has 0 saturated carbocycles. The van der Waals surface area contributed by atoms with E-state index in [4.69, 9.17) is 5.11 Å². The Hall–Kier alpha value is -2.74. The van der Waals surface area contributed by atoms with Gasteiger partial charge in [0.25, 0.3) is 11.6 Å². The lowest BCUT2D eigenvalue weighted by molar-refractivity contribution is -0.385. The van der Waals surface area contributed by atoms with Crippen LogP contribution in [-0.4, -0.2) is 21.9 Å². The number of rotatable bonds is 4. The van der Waals surface area contributed by atoms with Crippen molar-refractivity contribution in [3.05, 3.63) is 56.5 Å². The molecule has 0 aliphatic heterocycles. The Labute approximate surface area is 123 Å². The van der Waals surface area contributed by atoms with Crippen molar-refractivity contribution in [1.29, 1.82) is 0 Å². The predicted molar refractivity (Wildman–Crippen MR) is 77.1 cm³/mol. The van der Waals surface area contributed by atoms with Crippen LogP contribution >= 0.6 is 11.3 Å². The maximum absolute atomic E-state index is 12.1. The highest BCUT2D eigenvalue weighted by Crippen LogP contribution is 2.25. The maximum atomic E-state index is 12.1. The highest BCUT2D eigenvalue weighted by molar-refractivity contribution is 7.18. The smallest absolute Gasteiger partial charge is 0.345 e. The van der Waals surface area contributed by atoms with E-state index in [-0.39, 0.29) is 21.7 Å². The number of carboxylic acids is 1.